The van der Waals surface area contributed by atoms with E-state index >= 15 is 0 Å². The highest BCUT2D eigenvalue weighted by molar-refractivity contribution is 7.19. The van der Waals surface area contributed by atoms with Gasteiger partial charge < -0.3 is 11.1 Å². The molecule has 0 amide bonds. The predicted molar refractivity (Wildman–Crippen MR) is 69.9 cm³/mol. The van der Waals surface area contributed by atoms with Gasteiger partial charge in [0.1, 0.15) is 5.00 Å². The van der Waals surface area contributed by atoms with Crippen molar-refractivity contribution in [3.05, 3.63) is 6.20 Å². The van der Waals surface area contributed by atoms with E-state index in [1.807, 2.05) is 0 Å². The molecule has 1 fully saturated rings. The summed E-state index contributed by atoms with van der Waals surface area (Å²) in [6.45, 7) is 5.70. The molecule has 1 aromatic rings. The molecule has 1 aromatic heterocycles. The number of nitrogens with zero attached hydrogens (tertiary/aromatic N) is 2. The summed E-state index contributed by atoms with van der Waals surface area (Å²) in [6, 6.07) is 0.574. The molecule has 3 N–H and O–H groups in total. The minimum absolute atomic E-state index is 0.574. The van der Waals surface area contributed by atoms with Gasteiger partial charge in [-0.25, -0.2) is 4.98 Å². The highest BCUT2D eigenvalue weighted by atomic mass is 32.1. The van der Waals surface area contributed by atoms with Crippen LogP contribution in [0, 0.1) is 0 Å². The Morgan fingerprint density at radius 2 is 2.25 bits per heavy atom. The predicted octanol–water partition coefficient (Wildman–Crippen LogP) is 2.01. The molecule has 0 saturated carbocycles. The standard InChI is InChI=1S/C11H20N4S/c1-9(15-5-3-2-4-6-15)7-13-11-14-8-10(12)16-11/h8-9H,2-7,12H2,1H3,(H,13,14). The van der Waals surface area contributed by atoms with E-state index < -0.39 is 0 Å². The molecule has 0 bridgehead atoms. The molecule has 1 saturated heterocycles. The summed E-state index contributed by atoms with van der Waals surface area (Å²) in [5.74, 6) is 0. The minimum Gasteiger partial charge on any atom is -0.389 e. The van der Waals surface area contributed by atoms with Crippen molar-refractivity contribution in [1.82, 2.24) is 9.88 Å². The van der Waals surface area contributed by atoms with Gasteiger partial charge in [-0.15, -0.1) is 0 Å². The maximum Gasteiger partial charge on any atom is 0.184 e. The van der Waals surface area contributed by atoms with Crippen molar-refractivity contribution in [2.75, 3.05) is 30.7 Å². The Labute approximate surface area is 101 Å². The summed E-state index contributed by atoms with van der Waals surface area (Å²) < 4.78 is 0. The molecule has 0 aromatic carbocycles. The van der Waals surface area contributed by atoms with E-state index in [1.165, 1.54) is 43.7 Å². The van der Waals surface area contributed by atoms with Crippen molar-refractivity contribution in [3.63, 3.8) is 0 Å². The number of nitrogens with one attached hydrogen (secondary N) is 1. The van der Waals surface area contributed by atoms with Gasteiger partial charge in [-0.2, -0.15) is 0 Å². The van der Waals surface area contributed by atoms with Gasteiger partial charge in [-0.1, -0.05) is 17.8 Å². The lowest BCUT2D eigenvalue weighted by Gasteiger charge is -2.32. The molecule has 0 radical (unpaired) electrons. The van der Waals surface area contributed by atoms with Crippen molar-refractivity contribution >= 4 is 21.5 Å². The molecule has 1 unspecified atom stereocenters. The Morgan fingerprint density at radius 1 is 1.50 bits per heavy atom. The van der Waals surface area contributed by atoms with Gasteiger partial charge in [0.25, 0.3) is 0 Å². The normalized spacial score (nSPS) is 19.6. The van der Waals surface area contributed by atoms with Gasteiger partial charge in [0.05, 0.1) is 6.20 Å². The molecule has 2 rings (SSSR count). The first-order chi connectivity index (χ1) is 7.75. The third-order valence-electron chi connectivity index (χ3n) is 3.09. The SMILES string of the molecule is CC(CNc1ncc(N)s1)N1CCCCC1. The Bertz CT molecular complexity index is 320. The largest absolute Gasteiger partial charge is 0.389 e. The number of likely N-dealkylation sites (tertiary alicyclic amines) is 1. The van der Waals surface area contributed by atoms with Crippen molar-refractivity contribution in [2.45, 2.75) is 32.2 Å². The lowest BCUT2D eigenvalue weighted by atomic mass is 10.1. The molecular formula is C11H20N4S. The van der Waals surface area contributed by atoms with Crippen molar-refractivity contribution in [1.29, 1.82) is 0 Å². The van der Waals surface area contributed by atoms with Gasteiger partial charge in [0, 0.05) is 12.6 Å². The average Bonchev–Trinajstić information content (AvgIpc) is 2.73. The van der Waals surface area contributed by atoms with Crippen LogP contribution >= 0.6 is 11.3 Å². The highest BCUT2D eigenvalue weighted by Crippen LogP contribution is 2.20. The Balaban J connectivity index is 1.76. The van der Waals surface area contributed by atoms with E-state index in [1.54, 1.807) is 6.20 Å². The maximum absolute atomic E-state index is 5.63. The van der Waals surface area contributed by atoms with E-state index in [2.05, 4.69) is 22.1 Å². The number of hydrogen-bond acceptors (Lipinski definition) is 5. The number of nitrogens with two attached hydrogens (primary N) is 1. The first-order valence-corrected chi connectivity index (χ1v) is 6.76. The molecule has 4 nitrogen and oxygen atoms in total. The first kappa shape index (κ1) is 11.7. The third kappa shape index (κ3) is 3.09. The van der Waals surface area contributed by atoms with Crippen molar-refractivity contribution in [2.24, 2.45) is 0 Å². The summed E-state index contributed by atoms with van der Waals surface area (Å²) in [7, 11) is 0. The van der Waals surface area contributed by atoms with Crippen LogP contribution < -0.4 is 11.1 Å². The maximum atomic E-state index is 5.63. The zero-order valence-corrected chi connectivity index (χ0v) is 10.6. The zero-order valence-electron chi connectivity index (χ0n) is 9.78. The van der Waals surface area contributed by atoms with Crippen LogP contribution in [0.1, 0.15) is 26.2 Å². The van der Waals surface area contributed by atoms with Gasteiger partial charge >= 0.3 is 0 Å². The monoisotopic (exact) mass is 240 g/mol. The van der Waals surface area contributed by atoms with Crippen LogP contribution in [0.15, 0.2) is 6.20 Å². The molecule has 90 valence electrons. The van der Waals surface area contributed by atoms with Crippen LogP contribution in [0.5, 0.6) is 0 Å². The summed E-state index contributed by atoms with van der Waals surface area (Å²) in [6.07, 6.45) is 5.78. The number of piperidine rings is 1. The Morgan fingerprint density at radius 3 is 2.88 bits per heavy atom. The molecule has 16 heavy (non-hydrogen) atoms. The molecule has 5 heteroatoms. The molecule has 2 heterocycles. The lowest BCUT2D eigenvalue weighted by Crippen LogP contribution is -2.41. The van der Waals surface area contributed by atoms with E-state index in [9.17, 15) is 0 Å². The second-order valence-corrected chi connectivity index (χ2v) is 5.46. The summed E-state index contributed by atoms with van der Waals surface area (Å²) >= 11 is 1.51. The second kappa shape index (κ2) is 5.50. The van der Waals surface area contributed by atoms with Crippen LogP contribution in [-0.2, 0) is 0 Å². The van der Waals surface area contributed by atoms with Gasteiger partial charge in [-0.3, -0.25) is 4.90 Å². The van der Waals surface area contributed by atoms with Gasteiger partial charge in [-0.05, 0) is 32.9 Å². The topological polar surface area (TPSA) is 54.2 Å². The summed E-state index contributed by atoms with van der Waals surface area (Å²) in [5, 5.41) is 5.05. The van der Waals surface area contributed by atoms with Crippen LogP contribution in [0.25, 0.3) is 0 Å². The average molecular weight is 240 g/mol. The third-order valence-corrected chi connectivity index (χ3v) is 3.87. The van der Waals surface area contributed by atoms with Crippen LogP contribution in [-0.4, -0.2) is 35.6 Å². The molecule has 1 aliphatic heterocycles. The van der Waals surface area contributed by atoms with Crippen molar-refractivity contribution < 1.29 is 0 Å². The molecule has 0 aliphatic carbocycles. The lowest BCUT2D eigenvalue weighted by molar-refractivity contribution is 0.180. The highest BCUT2D eigenvalue weighted by Gasteiger charge is 2.16. The first-order valence-electron chi connectivity index (χ1n) is 5.95. The van der Waals surface area contributed by atoms with Gasteiger partial charge in [0.2, 0.25) is 0 Å². The van der Waals surface area contributed by atoms with E-state index in [-0.39, 0.29) is 0 Å². The molecule has 1 aliphatic rings. The molecule has 1 atom stereocenters. The van der Waals surface area contributed by atoms with E-state index in [0.29, 0.717) is 6.04 Å². The number of rotatable bonds is 4. The number of hydrogen-bond donors (Lipinski definition) is 2. The second-order valence-electron chi connectivity index (χ2n) is 4.39. The number of thiazole rings is 1. The number of anilines is 2. The Kier molecular flexibility index (Phi) is 4.01. The summed E-state index contributed by atoms with van der Waals surface area (Å²) in [4.78, 5) is 6.75. The smallest absolute Gasteiger partial charge is 0.184 e. The van der Waals surface area contributed by atoms with Crippen LogP contribution in [0.4, 0.5) is 10.1 Å². The number of nitrogen functional groups attached to an aromatic ring is 1. The molecular weight excluding hydrogens is 220 g/mol. The minimum atomic E-state index is 0.574. The van der Waals surface area contributed by atoms with Crippen molar-refractivity contribution in [3.8, 4) is 0 Å². The van der Waals surface area contributed by atoms with Gasteiger partial charge in [0.15, 0.2) is 5.13 Å². The Hall–Kier alpha value is -0.810. The zero-order chi connectivity index (χ0) is 11.4. The fourth-order valence-electron chi connectivity index (χ4n) is 2.09. The fraction of sp³-hybridized carbons (Fsp3) is 0.727. The van der Waals surface area contributed by atoms with Crippen LogP contribution in [0.3, 0.4) is 0 Å². The van der Waals surface area contributed by atoms with E-state index in [4.69, 9.17) is 5.73 Å². The number of aromatic nitrogens is 1. The van der Waals surface area contributed by atoms with Crippen LogP contribution in [0.2, 0.25) is 0 Å². The quantitative estimate of drug-likeness (QED) is 0.845. The van der Waals surface area contributed by atoms with E-state index in [0.717, 1.165) is 16.7 Å². The summed E-state index contributed by atoms with van der Waals surface area (Å²) in [5.41, 5.74) is 5.63. The fourth-order valence-corrected chi connectivity index (χ4v) is 2.68. The molecule has 0 spiro atoms.